The summed E-state index contributed by atoms with van der Waals surface area (Å²) in [5.41, 5.74) is 3.58. The molecule has 0 aromatic heterocycles. The van der Waals surface area contributed by atoms with Gasteiger partial charge in [0.15, 0.2) is 0 Å². The molecule has 2 aromatic rings. The molecule has 1 unspecified atom stereocenters. The van der Waals surface area contributed by atoms with E-state index in [1.807, 2.05) is 49.2 Å². The zero-order valence-corrected chi connectivity index (χ0v) is 13.5. The largest absolute Gasteiger partial charge is 0.348 e. The van der Waals surface area contributed by atoms with Gasteiger partial charge >= 0.3 is 0 Å². The van der Waals surface area contributed by atoms with Crippen molar-refractivity contribution in [2.75, 3.05) is 13.6 Å². The van der Waals surface area contributed by atoms with Gasteiger partial charge in [0, 0.05) is 6.54 Å². The Morgan fingerprint density at radius 1 is 1.09 bits per heavy atom. The van der Waals surface area contributed by atoms with Crippen LogP contribution in [0.25, 0.3) is 0 Å². The molecule has 0 radical (unpaired) electrons. The SMILES string of the molecule is Cc1ccccc1C(C)NC(=O)CN(C)Cc1ccccc1. The summed E-state index contributed by atoms with van der Waals surface area (Å²) in [6.07, 6.45) is 0. The van der Waals surface area contributed by atoms with Gasteiger partial charge in [-0.15, -0.1) is 0 Å². The first-order valence-electron chi connectivity index (χ1n) is 7.63. The van der Waals surface area contributed by atoms with Crippen LogP contribution in [0.5, 0.6) is 0 Å². The maximum Gasteiger partial charge on any atom is 0.234 e. The Hall–Kier alpha value is -2.13. The molecule has 3 heteroatoms. The number of rotatable bonds is 6. The second-order valence-electron chi connectivity index (χ2n) is 5.80. The van der Waals surface area contributed by atoms with E-state index in [-0.39, 0.29) is 11.9 Å². The van der Waals surface area contributed by atoms with Gasteiger partial charge in [-0.1, -0.05) is 54.6 Å². The summed E-state index contributed by atoms with van der Waals surface area (Å²) >= 11 is 0. The Labute approximate surface area is 133 Å². The van der Waals surface area contributed by atoms with E-state index in [9.17, 15) is 4.79 Å². The average molecular weight is 296 g/mol. The lowest BCUT2D eigenvalue weighted by molar-refractivity contribution is -0.122. The molecule has 3 nitrogen and oxygen atoms in total. The van der Waals surface area contributed by atoms with Gasteiger partial charge in [0.1, 0.15) is 0 Å². The Morgan fingerprint density at radius 3 is 2.41 bits per heavy atom. The molecule has 2 aromatic carbocycles. The van der Waals surface area contributed by atoms with Gasteiger partial charge in [-0.05, 0) is 37.6 Å². The minimum absolute atomic E-state index is 0.0267. The number of benzene rings is 2. The van der Waals surface area contributed by atoms with Crippen molar-refractivity contribution in [2.24, 2.45) is 0 Å². The normalized spacial score (nSPS) is 12.2. The van der Waals surface area contributed by atoms with Crippen molar-refractivity contribution in [3.05, 3.63) is 71.3 Å². The first-order chi connectivity index (χ1) is 10.6. The van der Waals surface area contributed by atoms with Gasteiger partial charge in [0.05, 0.1) is 12.6 Å². The van der Waals surface area contributed by atoms with E-state index in [2.05, 4.69) is 36.5 Å². The van der Waals surface area contributed by atoms with Gasteiger partial charge in [-0.3, -0.25) is 9.69 Å². The van der Waals surface area contributed by atoms with Crippen LogP contribution < -0.4 is 5.32 Å². The molecule has 2 rings (SSSR count). The van der Waals surface area contributed by atoms with Crippen LogP contribution in [0.15, 0.2) is 54.6 Å². The third kappa shape index (κ3) is 4.71. The van der Waals surface area contributed by atoms with Crippen LogP contribution in [0.4, 0.5) is 0 Å². The zero-order chi connectivity index (χ0) is 15.9. The Bertz CT molecular complexity index is 610. The topological polar surface area (TPSA) is 32.3 Å². The molecule has 116 valence electrons. The van der Waals surface area contributed by atoms with Crippen LogP contribution in [0.1, 0.15) is 29.7 Å². The molecule has 0 fully saturated rings. The van der Waals surface area contributed by atoms with E-state index in [0.29, 0.717) is 6.54 Å². The van der Waals surface area contributed by atoms with Crippen LogP contribution >= 0.6 is 0 Å². The molecule has 1 atom stereocenters. The number of hydrogen-bond acceptors (Lipinski definition) is 2. The molecule has 1 amide bonds. The summed E-state index contributed by atoms with van der Waals surface area (Å²) in [5.74, 6) is 0.0502. The van der Waals surface area contributed by atoms with Crippen LogP contribution in [0.3, 0.4) is 0 Å². The fraction of sp³-hybridized carbons (Fsp3) is 0.316. The lowest BCUT2D eigenvalue weighted by atomic mass is 10.0. The third-order valence-electron chi connectivity index (χ3n) is 3.74. The summed E-state index contributed by atoms with van der Waals surface area (Å²) in [4.78, 5) is 14.2. The molecule has 1 N–H and O–H groups in total. The van der Waals surface area contributed by atoms with E-state index in [4.69, 9.17) is 0 Å². The number of aryl methyl sites for hydroxylation is 1. The standard InChI is InChI=1S/C19H24N2O/c1-15-9-7-8-12-18(15)16(2)20-19(22)14-21(3)13-17-10-5-4-6-11-17/h4-12,16H,13-14H2,1-3H3,(H,20,22). The molecule has 0 aliphatic heterocycles. The summed E-state index contributed by atoms with van der Waals surface area (Å²) in [7, 11) is 1.96. The van der Waals surface area contributed by atoms with E-state index in [0.717, 1.165) is 6.54 Å². The van der Waals surface area contributed by atoms with Crippen molar-refractivity contribution in [1.82, 2.24) is 10.2 Å². The van der Waals surface area contributed by atoms with Crippen molar-refractivity contribution in [2.45, 2.75) is 26.4 Å². The summed E-state index contributed by atoms with van der Waals surface area (Å²) < 4.78 is 0. The molecular weight excluding hydrogens is 272 g/mol. The van der Waals surface area contributed by atoms with Gasteiger partial charge in [0.25, 0.3) is 0 Å². The van der Waals surface area contributed by atoms with E-state index < -0.39 is 0 Å². The molecule has 0 saturated carbocycles. The second kappa shape index (κ2) is 7.76. The highest BCUT2D eigenvalue weighted by Crippen LogP contribution is 2.16. The van der Waals surface area contributed by atoms with Crippen LogP contribution in [-0.4, -0.2) is 24.4 Å². The highest BCUT2D eigenvalue weighted by molar-refractivity contribution is 5.78. The van der Waals surface area contributed by atoms with Crippen molar-refractivity contribution in [1.29, 1.82) is 0 Å². The quantitative estimate of drug-likeness (QED) is 0.887. The zero-order valence-electron chi connectivity index (χ0n) is 13.5. The molecule has 0 saturated heterocycles. The number of likely N-dealkylation sites (N-methyl/N-ethyl adjacent to an activating group) is 1. The lowest BCUT2D eigenvalue weighted by Gasteiger charge is -2.20. The van der Waals surface area contributed by atoms with Crippen molar-refractivity contribution in [3.8, 4) is 0 Å². The number of nitrogens with zero attached hydrogens (tertiary/aromatic N) is 1. The fourth-order valence-corrected chi connectivity index (χ4v) is 2.63. The third-order valence-corrected chi connectivity index (χ3v) is 3.74. The van der Waals surface area contributed by atoms with Gasteiger partial charge in [-0.2, -0.15) is 0 Å². The minimum Gasteiger partial charge on any atom is -0.348 e. The molecule has 0 aliphatic carbocycles. The Morgan fingerprint density at radius 2 is 1.73 bits per heavy atom. The van der Waals surface area contributed by atoms with Crippen molar-refractivity contribution < 1.29 is 4.79 Å². The number of nitrogens with one attached hydrogen (secondary N) is 1. The number of carbonyl (C=O) groups is 1. The highest BCUT2D eigenvalue weighted by atomic mass is 16.2. The monoisotopic (exact) mass is 296 g/mol. The highest BCUT2D eigenvalue weighted by Gasteiger charge is 2.13. The van der Waals surface area contributed by atoms with Crippen LogP contribution in [0, 0.1) is 6.92 Å². The summed E-state index contributed by atoms with van der Waals surface area (Å²) in [6, 6.07) is 18.4. The molecular formula is C19H24N2O. The summed E-state index contributed by atoms with van der Waals surface area (Å²) in [6.45, 7) is 5.26. The fourth-order valence-electron chi connectivity index (χ4n) is 2.63. The van der Waals surface area contributed by atoms with Crippen molar-refractivity contribution >= 4 is 5.91 Å². The maximum absolute atomic E-state index is 12.2. The Kier molecular flexibility index (Phi) is 5.73. The predicted octanol–water partition coefficient (Wildman–Crippen LogP) is 3.30. The maximum atomic E-state index is 12.2. The minimum atomic E-state index is 0.0267. The average Bonchev–Trinajstić information content (AvgIpc) is 2.48. The molecule has 0 aliphatic rings. The van der Waals surface area contributed by atoms with Crippen molar-refractivity contribution in [3.63, 3.8) is 0 Å². The van der Waals surface area contributed by atoms with Crippen LogP contribution in [0.2, 0.25) is 0 Å². The molecule has 0 bridgehead atoms. The lowest BCUT2D eigenvalue weighted by Crippen LogP contribution is -2.36. The molecule has 0 heterocycles. The van der Waals surface area contributed by atoms with E-state index in [1.165, 1.54) is 16.7 Å². The summed E-state index contributed by atoms with van der Waals surface area (Å²) in [5, 5.41) is 3.07. The smallest absolute Gasteiger partial charge is 0.234 e. The molecule has 0 spiro atoms. The number of hydrogen-bond donors (Lipinski definition) is 1. The number of carbonyl (C=O) groups excluding carboxylic acids is 1. The van der Waals surface area contributed by atoms with Gasteiger partial charge in [-0.25, -0.2) is 0 Å². The molecule has 22 heavy (non-hydrogen) atoms. The Balaban J connectivity index is 1.86. The van der Waals surface area contributed by atoms with Crippen LogP contribution in [-0.2, 0) is 11.3 Å². The number of amides is 1. The van der Waals surface area contributed by atoms with E-state index >= 15 is 0 Å². The van der Waals surface area contributed by atoms with E-state index in [1.54, 1.807) is 0 Å². The van der Waals surface area contributed by atoms with Gasteiger partial charge < -0.3 is 5.32 Å². The predicted molar refractivity (Wildman–Crippen MR) is 90.5 cm³/mol. The first kappa shape index (κ1) is 16.2. The first-order valence-corrected chi connectivity index (χ1v) is 7.63. The van der Waals surface area contributed by atoms with Gasteiger partial charge in [0.2, 0.25) is 5.91 Å². The second-order valence-corrected chi connectivity index (χ2v) is 5.80.